The van der Waals surface area contributed by atoms with Crippen LogP contribution in [0.3, 0.4) is 0 Å². The summed E-state index contributed by atoms with van der Waals surface area (Å²) >= 11 is 0. The van der Waals surface area contributed by atoms with Gasteiger partial charge in [-0.3, -0.25) is 4.79 Å². The number of amides is 1. The Labute approximate surface area is 203 Å². The van der Waals surface area contributed by atoms with Crippen molar-refractivity contribution in [3.05, 3.63) is 83.2 Å². The maximum absolute atomic E-state index is 13.9. The number of rotatable bonds is 7. The third kappa shape index (κ3) is 4.70. The maximum Gasteiger partial charge on any atom is 0.251 e. The van der Waals surface area contributed by atoms with Crippen LogP contribution in [-0.4, -0.2) is 63.9 Å². The molecule has 1 atom stereocenters. The zero-order chi connectivity index (χ0) is 24.4. The Morgan fingerprint density at radius 1 is 1.17 bits per heavy atom. The SMILES string of the molecule is CN(CCCN1CCC2(CC1)OCc1ccccc12)C(=O)C(c1ccc(F)c(F)c1)n1ccnn1. The molecule has 1 amide bonds. The van der Waals surface area contributed by atoms with Gasteiger partial charge in [-0.25, -0.2) is 13.5 Å². The molecule has 184 valence electrons. The van der Waals surface area contributed by atoms with Crippen LogP contribution in [0.25, 0.3) is 0 Å². The van der Waals surface area contributed by atoms with Crippen molar-refractivity contribution in [2.75, 3.05) is 33.2 Å². The van der Waals surface area contributed by atoms with Crippen LogP contribution in [0.15, 0.2) is 54.9 Å². The Bertz CT molecular complexity index is 1180. The summed E-state index contributed by atoms with van der Waals surface area (Å²) in [5, 5.41) is 7.71. The van der Waals surface area contributed by atoms with Crippen LogP contribution >= 0.6 is 0 Å². The summed E-state index contributed by atoms with van der Waals surface area (Å²) in [6.45, 7) is 3.99. The lowest BCUT2D eigenvalue weighted by atomic mass is 9.84. The number of piperidine rings is 1. The summed E-state index contributed by atoms with van der Waals surface area (Å²) in [4.78, 5) is 17.3. The monoisotopic (exact) mass is 481 g/mol. The molecule has 2 aliphatic heterocycles. The minimum atomic E-state index is -1.00. The van der Waals surface area contributed by atoms with Gasteiger partial charge in [-0.05, 0) is 54.6 Å². The van der Waals surface area contributed by atoms with Gasteiger partial charge in [-0.1, -0.05) is 35.5 Å². The molecule has 1 fully saturated rings. The molecular weight excluding hydrogens is 452 g/mol. The first-order chi connectivity index (χ1) is 17.0. The van der Waals surface area contributed by atoms with Gasteiger partial charge in [0, 0.05) is 32.9 Å². The predicted octanol–water partition coefficient (Wildman–Crippen LogP) is 3.52. The zero-order valence-corrected chi connectivity index (χ0v) is 19.7. The predicted molar refractivity (Wildman–Crippen MR) is 125 cm³/mol. The molecule has 0 radical (unpaired) electrons. The average Bonchev–Trinajstić information content (AvgIpc) is 3.52. The van der Waals surface area contributed by atoms with Gasteiger partial charge < -0.3 is 14.5 Å². The molecule has 1 aromatic heterocycles. The highest BCUT2D eigenvalue weighted by Crippen LogP contribution is 2.43. The van der Waals surface area contributed by atoms with Crippen molar-refractivity contribution < 1.29 is 18.3 Å². The summed E-state index contributed by atoms with van der Waals surface area (Å²) in [7, 11) is 1.72. The second-order valence-electron chi connectivity index (χ2n) is 9.35. The molecule has 3 aromatic rings. The topological polar surface area (TPSA) is 63.5 Å². The number of nitrogens with zero attached hydrogens (tertiary/aromatic N) is 5. The zero-order valence-electron chi connectivity index (χ0n) is 19.7. The number of benzene rings is 2. The van der Waals surface area contributed by atoms with Crippen molar-refractivity contribution in [2.24, 2.45) is 0 Å². The number of ether oxygens (including phenoxy) is 1. The largest absolute Gasteiger partial charge is 0.365 e. The standard InChI is InChI=1S/C26H29F2N5O2/c1-31(25(34)24(33-16-11-29-30-33)19-7-8-22(27)23(28)17-19)12-4-13-32-14-9-26(10-15-32)21-6-3-2-5-20(21)18-35-26/h2-3,5-8,11,16-17,24H,4,9-10,12-15,18H2,1H3. The summed E-state index contributed by atoms with van der Waals surface area (Å²) < 4.78 is 35.0. The van der Waals surface area contributed by atoms with E-state index >= 15 is 0 Å². The molecule has 2 aliphatic rings. The van der Waals surface area contributed by atoms with Crippen molar-refractivity contribution in [3.8, 4) is 0 Å². The smallest absolute Gasteiger partial charge is 0.251 e. The number of hydrogen-bond acceptors (Lipinski definition) is 5. The fourth-order valence-electron chi connectivity index (χ4n) is 5.23. The molecule has 7 nitrogen and oxygen atoms in total. The highest BCUT2D eigenvalue weighted by Gasteiger charge is 2.42. The molecule has 0 saturated carbocycles. The molecule has 1 unspecified atom stereocenters. The first-order valence-corrected chi connectivity index (χ1v) is 12.0. The summed E-state index contributed by atoms with van der Waals surface area (Å²) in [5.74, 6) is -2.21. The molecule has 5 rings (SSSR count). The van der Waals surface area contributed by atoms with Crippen LogP contribution in [0.4, 0.5) is 8.78 Å². The van der Waals surface area contributed by atoms with Gasteiger partial charge in [0.05, 0.1) is 18.4 Å². The number of carbonyl (C=O) groups is 1. The summed E-state index contributed by atoms with van der Waals surface area (Å²) in [5.41, 5.74) is 2.80. The van der Waals surface area contributed by atoms with E-state index in [9.17, 15) is 13.6 Å². The lowest BCUT2D eigenvalue weighted by Crippen LogP contribution is -2.43. The number of halogens is 2. The normalized spacial score (nSPS) is 17.9. The maximum atomic E-state index is 13.9. The van der Waals surface area contributed by atoms with Crippen LogP contribution in [0, 0.1) is 11.6 Å². The Balaban J connectivity index is 1.17. The van der Waals surface area contributed by atoms with Crippen molar-refractivity contribution >= 4 is 5.91 Å². The molecule has 1 spiro atoms. The lowest BCUT2D eigenvalue weighted by molar-refractivity contribution is -0.132. The molecule has 0 N–H and O–H groups in total. The van der Waals surface area contributed by atoms with E-state index in [0.29, 0.717) is 18.7 Å². The van der Waals surface area contributed by atoms with E-state index in [1.165, 1.54) is 28.1 Å². The fourth-order valence-corrected chi connectivity index (χ4v) is 5.23. The Hall–Kier alpha value is -3.17. The van der Waals surface area contributed by atoms with E-state index in [-0.39, 0.29) is 11.5 Å². The van der Waals surface area contributed by atoms with Gasteiger partial charge in [-0.15, -0.1) is 5.10 Å². The van der Waals surface area contributed by atoms with Crippen molar-refractivity contribution in [1.29, 1.82) is 0 Å². The van der Waals surface area contributed by atoms with Gasteiger partial charge in [0.2, 0.25) is 0 Å². The molecule has 0 bridgehead atoms. The molecular formula is C26H29F2N5O2. The number of likely N-dealkylation sites (N-methyl/N-ethyl adjacent to an activating group) is 1. The Kier molecular flexibility index (Phi) is 6.62. The van der Waals surface area contributed by atoms with Crippen LogP contribution < -0.4 is 0 Å². The van der Waals surface area contributed by atoms with Crippen LogP contribution in [-0.2, 0) is 21.7 Å². The quantitative estimate of drug-likeness (QED) is 0.517. The molecule has 9 heteroatoms. The minimum Gasteiger partial charge on any atom is -0.365 e. The second kappa shape index (κ2) is 9.83. The summed E-state index contributed by atoms with van der Waals surface area (Å²) in [6, 6.07) is 11.1. The van der Waals surface area contributed by atoms with Crippen molar-refractivity contribution in [3.63, 3.8) is 0 Å². The Morgan fingerprint density at radius 2 is 1.97 bits per heavy atom. The van der Waals surface area contributed by atoms with Gasteiger partial charge in [-0.2, -0.15) is 0 Å². The molecule has 0 aliphatic carbocycles. The molecule has 2 aromatic carbocycles. The van der Waals surface area contributed by atoms with E-state index in [1.54, 1.807) is 18.1 Å². The molecule has 3 heterocycles. The highest BCUT2D eigenvalue weighted by atomic mass is 19.2. The second-order valence-corrected chi connectivity index (χ2v) is 9.35. The van der Waals surface area contributed by atoms with E-state index in [0.717, 1.165) is 51.0 Å². The first kappa shape index (κ1) is 23.6. The van der Waals surface area contributed by atoms with E-state index in [2.05, 4.69) is 39.5 Å². The average molecular weight is 482 g/mol. The van der Waals surface area contributed by atoms with Gasteiger partial charge in [0.25, 0.3) is 5.91 Å². The first-order valence-electron chi connectivity index (χ1n) is 12.0. The van der Waals surface area contributed by atoms with Gasteiger partial charge >= 0.3 is 0 Å². The van der Waals surface area contributed by atoms with Crippen LogP contribution in [0.2, 0.25) is 0 Å². The fraction of sp³-hybridized carbons (Fsp3) is 0.423. The lowest BCUT2D eigenvalue weighted by Gasteiger charge is -2.39. The Morgan fingerprint density at radius 3 is 2.71 bits per heavy atom. The molecule has 1 saturated heterocycles. The number of likely N-dealkylation sites (tertiary alicyclic amines) is 1. The van der Waals surface area contributed by atoms with Crippen molar-refractivity contribution in [2.45, 2.75) is 37.5 Å². The van der Waals surface area contributed by atoms with E-state index in [4.69, 9.17) is 4.74 Å². The van der Waals surface area contributed by atoms with Crippen LogP contribution in [0.1, 0.15) is 42.0 Å². The number of carbonyl (C=O) groups excluding carboxylic acids is 1. The van der Waals surface area contributed by atoms with Crippen molar-refractivity contribution in [1.82, 2.24) is 24.8 Å². The van der Waals surface area contributed by atoms with Gasteiger partial charge in [0.15, 0.2) is 17.7 Å². The number of fused-ring (bicyclic) bond motifs is 2. The number of hydrogen-bond donors (Lipinski definition) is 0. The highest BCUT2D eigenvalue weighted by molar-refractivity contribution is 5.83. The summed E-state index contributed by atoms with van der Waals surface area (Å²) in [6.07, 6.45) is 5.72. The van der Waals surface area contributed by atoms with Crippen LogP contribution in [0.5, 0.6) is 0 Å². The molecule has 35 heavy (non-hydrogen) atoms. The van der Waals surface area contributed by atoms with E-state index in [1.807, 2.05) is 0 Å². The third-order valence-electron chi connectivity index (χ3n) is 7.22. The third-order valence-corrected chi connectivity index (χ3v) is 7.22. The minimum absolute atomic E-state index is 0.157. The van der Waals surface area contributed by atoms with E-state index < -0.39 is 17.7 Å². The van der Waals surface area contributed by atoms with Gasteiger partial charge in [0.1, 0.15) is 0 Å². The number of aromatic nitrogens is 3.